The third kappa shape index (κ3) is 4.98. The second-order valence-electron chi connectivity index (χ2n) is 11.9. The van der Waals surface area contributed by atoms with Gasteiger partial charge in [0.05, 0.1) is 11.4 Å². The number of rotatable bonds is 4. The van der Waals surface area contributed by atoms with Gasteiger partial charge < -0.3 is 19.7 Å². The molecule has 2 aromatic heterocycles. The third-order valence-corrected chi connectivity index (χ3v) is 9.05. The largest absolute Gasteiger partial charge is 0.369 e. The molecule has 7 rings (SSSR count). The molecule has 3 atom stereocenters. The van der Waals surface area contributed by atoms with Gasteiger partial charge in [-0.05, 0) is 92.3 Å². The Balaban J connectivity index is 1.25. The molecule has 0 saturated carbocycles. The van der Waals surface area contributed by atoms with E-state index in [2.05, 4.69) is 15.2 Å². The van der Waals surface area contributed by atoms with Gasteiger partial charge in [0.15, 0.2) is 0 Å². The summed E-state index contributed by atoms with van der Waals surface area (Å²) in [7, 11) is 0. The number of hydrogen-bond donors (Lipinski definition) is 1. The standard InChI is InChI=1S/C34H32FN5O3/c1-21-5-6-24-16-27(35)8-10-30(24)40(21)34(43)25-7-9-31(28(17-25)37-33(42)23-11-13-36-14-12-23)38-18-22-15-26(20-38)29-3-2-4-32(41)39(29)19-22/h2-4,7-14,16-17,21-22,26H,5-6,15,18-20H2,1H3,(H,37,42)/t21-,22+,26-/m0/s1. The van der Waals surface area contributed by atoms with Crippen molar-refractivity contribution in [3.05, 3.63) is 118 Å². The fourth-order valence-corrected chi connectivity index (χ4v) is 7.00. The highest BCUT2D eigenvalue weighted by atomic mass is 19.1. The van der Waals surface area contributed by atoms with Crippen molar-refractivity contribution in [3.8, 4) is 0 Å². The minimum atomic E-state index is -0.315. The summed E-state index contributed by atoms with van der Waals surface area (Å²) in [6.07, 6.45) is 5.57. The van der Waals surface area contributed by atoms with Crippen LogP contribution in [0, 0.1) is 11.7 Å². The number of nitrogens with one attached hydrogen (secondary N) is 1. The van der Waals surface area contributed by atoms with E-state index in [0.29, 0.717) is 36.3 Å². The average Bonchev–Trinajstić information content (AvgIpc) is 3.01. The van der Waals surface area contributed by atoms with Crippen LogP contribution in [-0.2, 0) is 13.0 Å². The van der Waals surface area contributed by atoms with Crippen molar-refractivity contribution >= 4 is 28.9 Å². The van der Waals surface area contributed by atoms with E-state index in [1.54, 1.807) is 47.6 Å². The van der Waals surface area contributed by atoms with Gasteiger partial charge in [-0.2, -0.15) is 0 Å². The van der Waals surface area contributed by atoms with Crippen molar-refractivity contribution < 1.29 is 14.0 Å². The number of aromatic nitrogens is 2. The Labute approximate surface area is 248 Å². The number of halogens is 1. The Morgan fingerprint density at radius 1 is 0.930 bits per heavy atom. The number of anilines is 3. The van der Waals surface area contributed by atoms with Crippen LogP contribution >= 0.6 is 0 Å². The summed E-state index contributed by atoms with van der Waals surface area (Å²) in [5.74, 6) is -0.352. The summed E-state index contributed by atoms with van der Waals surface area (Å²) in [5.41, 5.74) is 4.87. The van der Waals surface area contributed by atoms with E-state index < -0.39 is 0 Å². The lowest BCUT2D eigenvalue weighted by molar-refractivity contribution is 0.0973. The summed E-state index contributed by atoms with van der Waals surface area (Å²) in [6.45, 7) is 4.07. The van der Waals surface area contributed by atoms with Crippen molar-refractivity contribution in [1.29, 1.82) is 0 Å². The molecule has 0 unspecified atom stereocenters. The monoisotopic (exact) mass is 577 g/mol. The van der Waals surface area contributed by atoms with Gasteiger partial charge in [0.25, 0.3) is 17.4 Å². The Kier molecular flexibility index (Phi) is 6.80. The first-order valence-corrected chi connectivity index (χ1v) is 14.8. The maximum Gasteiger partial charge on any atom is 0.258 e. The van der Waals surface area contributed by atoms with Gasteiger partial charge in [-0.25, -0.2) is 4.39 Å². The van der Waals surface area contributed by atoms with Crippen molar-refractivity contribution in [2.24, 2.45) is 5.92 Å². The fourth-order valence-electron chi connectivity index (χ4n) is 7.00. The van der Waals surface area contributed by atoms with Crippen molar-refractivity contribution in [3.63, 3.8) is 0 Å². The molecule has 9 heteroatoms. The lowest BCUT2D eigenvalue weighted by Gasteiger charge is -2.44. The fraction of sp³-hybridized carbons (Fsp3) is 0.294. The minimum absolute atomic E-state index is 0.0325. The molecule has 3 aliphatic rings. The molecule has 2 bridgehead atoms. The van der Waals surface area contributed by atoms with Gasteiger partial charge in [0, 0.05) is 72.6 Å². The van der Waals surface area contributed by atoms with Crippen LogP contribution in [0.1, 0.15) is 57.7 Å². The van der Waals surface area contributed by atoms with Crippen LogP contribution in [-0.4, -0.2) is 40.5 Å². The summed E-state index contributed by atoms with van der Waals surface area (Å²) in [5, 5.41) is 3.07. The number of amides is 2. The second-order valence-corrected chi connectivity index (χ2v) is 11.9. The molecule has 2 amide bonds. The number of nitrogens with zero attached hydrogens (tertiary/aromatic N) is 4. The first kappa shape index (κ1) is 27.1. The highest BCUT2D eigenvalue weighted by Gasteiger charge is 2.36. The summed E-state index contributed by atoms with van der Waals surface area (Å²) in [6, 6.07) is 18.7. The maximum atomic E-state index is 14.0. The van der Waals surface area contributed by atoms with Crippen LogP contribution in [0.15, 0.2) is 83.9 Å². The van der Waals surface area contributed by atoms with Gasteiger partial charge in [-0.1, -0.05) is 6.07 Å². The molecule has 218 valence electrons. The maximum absolute atomic E-state index is 14.0. The van der Waals surface area contributed by atoms with E-state index in [1.807, 2.05) is 35.8 Å². The lowest BCUT2D eigenvalue weighted by Crippen LogP contribution is -2.47. The Hall–Kier alpha value is -4.79. The second kappa shape index (κ2) is 10.8. The van der Waals surface area contributed by atoms with E-state index in [0.717, 1.165) is 42.0 Å². The van der Waals surface area contributed by atoms with E-state index in [-0.39, 0.29) is 41.1 Å². The molecule has 3 aliphatic heterocycles. The summed E-state index contributed by atoms with van der Waals surface area (Å²) in [4.78, 5) is 48.0. The zero-order chi connectivity index (χ0) is 29.7. The number of piperidine rings is 1. The quantitative estimate of drug-likeness (QED) is 0.359. The number of aryl methyl sites for hydroxylation is 1. The molecule has 1 fully saturated rings. The number of carbonyl (C=O) groups excluding carboxylic acids is 2. The lowest BCUT2D eigenvalue weighted by atomic mass is 9.83. The van der Waals surface area contributed by atoms with Gasteiger partial charge in [0.1, 0.15) is 5.82 Å². The molecule has 1 saturated heterocycles. The minimum Gasteiger partial charge on any atom is -0.369 e. The normalized spacial score (nSPS) is 20.7. The number of benzene rings is 2. The van der Waals surface area contributed by atoms with Crippen LogP contribution in [0.3, 0.4) is 0 Å². The molecule has 2 aromatic carbocycles. The molecule has 4 aromatic rings. The van der Waals surface area contributed by atoms with Crippen LogP contribution < -0.4 is 20.7 Å². The Morgan fingerprint density at radius 2 is 1.74 bits per heavy atom. The third-order valence-electron chi connectivity index (χ3n) is 9.05. The average molecular weight is 578 g/mol. The summed E-state index contributed by atoms with van der Waals surface area (Å²) >= 11 is 0. The Morgan fingerprint density at radius 3 is 2.58 bits per heavy atom. The van der Waals surface area contributed by atoms with E-state index in [9.17, 15) is 18.8 Å². The van der Waals surface area contributed by atoms with Gasteiger partial charge >= 0.3 is 0 Å². The molecule has 0 spiro atoms. The zero-order valence-corrected chi connectivity index (χ0v) is 23.9. The molecule has 43 heavy (non-hydrogen) atoms. The van der Waals surface area contributed by atoms with Crippen molar-refractivity contribution in [2.45, 2.75) is 44.7 Å². The van der Waals surface area contributed by atoms with Crippen molar-refractivity contribution in [1.82, 2.24) is 9.55 Å². The number of hydrogen-bond acceptors (Lipinski definition) is 5. The van der Waals surface area contributed by atoms with Gasteiger partial charge in [-0.3, -0.25) is 19.4 Å². The van der Waals surface area contributed by atoms with Crippen LogP contribution in [0.5, 0.6) is 0 Å². The van der Waals surface area contributed by atoms with E-state index >= 15 is 0 Å². The van der Waals surface area contributed by atoms with E-state index in [4.69, 9.17) is 0 Å². The first-order chi connectivity index (χ1) is 20.9. The predicted octanol–water partition coefficient (Wildman–Crippen LogP) is 5.24. The smallest absolute Gasteiger partial charge is 0.258 e. The first-order valence-electron chi connectivity index (χ1n) is 14.8. The van der Waals surface area contributed by atoms with Crippen LogP contribution in [0.2, 0.25) is 0 Å². The topological polar surface area (TPSA) is 87.5 Å². The zero-order valence-electron chi connectivity index (χ0n) is 23.9. The SMILES string of the molecule is C[C@H]1CCc2cc(F)ccc2N1C(=O)c1ccc(N2C[C@H]3C[C@@H](C2)c2cccc(=O)n2C3)c(NC(=O)c2ccncc2)c1. The molecule has 8 nitrogen and oxygen atoms in total. The summed E-state index contributed by atoms with van der Waals surface area (Å²) < 4.78 is 15.9. The number of pyridine rings is 2. The number of fused-ring (bicyclic) bond motifs is 5. The van der Waals surface area contributed by atoms with Crippen LogP contribution in [0.4, 0.5) is 21.5 Å². The molecular weight excluding hydrogens is 545 g/mol. The highest BCUT2D eigenvalue weighted by molar-refractivity contribution is 6.10. The Bertz CT molecular complexity index is 1790. The van der Waals surface area contributed by atoms with Crippen LogP contribution in [0.25, 0.3) is 0 Å². The molecular formula is C34H32FN5O3. The highest BCUT2D eigenvalue weighted by Crippen LogP contribution is 2.40. The molecule has 5 heterocycles. The van der Waals surface area contributed by atoms with Crippen molar-refractivity contribution in [2.75, 3.05) is 28.2 Å². The van der Waals surface area contributed by atoms with Gasteiger partial charge in [0.2, 0.25) is 0 Å². The van der Waals surface area contributed by atoms with Gasteiger partial charge in [-0.15, -0.1) is 0 Å². The predicted molar refractivity (Wildman–Crippen MR) is 163 cm³/mol. The molecule has 0 radical (unpaired) electrons. The number of carbonyl (C=O) groups is 2. The van der Waals surface area contributed by atoms with E-state index in [1.165, 1.54) is 12.1 Å². The molecule has 1 N–H and O–H groups in total. The molecule has 0 aliphatic carbocycles.